The molecular weight excluding hydrogens is 356 g/mol. The summed E-state index contributed by atoms with van der Waals surface area (Å²) in [5.41, 5.74) is 1.81. The third kappa shape index (κ3) is 4.03. The second-order valence-electron chi connectivity index (χ2n) is 5.09. The van der Waals surface area contributed by atoms with Gasteiger partial charge in [-0.15, -0.1) is 0 Å². The minimum atomic E-state index is -3.73. The Kier molecular flexibility index (Phi) is 5.66. The van der Waals surface area contributed by atoms with Crippen molar-refractivity contribution in [1.82, 2.24) is 9.62 Å². The Labute approximate surface area is 145 Å². The van der Waals surface area contributed by atoms with Crippen molar-refractivity contribution in [2.45, 2.75) is 18.7 Å². The van der Waals surface area contributed by atoms with Crippen LogP contribution in [0.1, 0.15) is 11.1 Å². The number of sulfonamides is 1. The number of thiocarbonyl (C=S) groups is 1. The molecule has 0 unspecified atom stereocenters. The van der Waals surface area contributed by atoms with Crippen LogP contribution in [0.15, 0.2) is 17.0 Å². The molecule has 1 N–H and O–H groups in total. The highest BCUT2D eigenvalue weighted by Crippen LogP contribution is 2.27. The van der Waals surface area contributed by atoms with Gasteiger partial charge in [-0.05, 0) is 37.1 Å². The molecule has 0 aliphatic carbocycles. The molecule has 0 radical (unpaired) electrons. The summed E-state index contributed by atoms with van der Waals surface area (Å²) in [5.74, 6) is 0.517. The lowest BCUT2D eigenvalue weighted by atomic mass is 10.1. The predicted octanol–water partition coefficient (Wildman–Crippen LogP) is 1.45. The second-order valence-corrected chi connectivity index (χ2v) is 8.43. The number of amides is 1. The average molecular weight is 375 g/mol. The Morgan fingerprint density at radius 3 is 2.57 bits per heavy atom. The summed E-state index contributed by atoms with van der Waals surface area (Å²) < 4.78 is 33.1. The third-order valence-electron chi connectivity index (χ3n) is 3.54. The van der Waals surface area contributed by atoms with E-state index >= 15 is 0 Å². The van der Waals surface area contributed by atoms with Crippen LogP contribution in [0.5, 0.6) is 5.75 Å². The zero-order valence-electron chi connectivity index (χ0n) is 13.1. The summed E-state index contributed by atoms with van der Waals surface area (Å²) in [7, 11) is -2.30. The topological polar surface area (TPSA) is 75.7 Å². The van der Waals surface area contributed by atoms with Crippen LogP contribution >= 0.6 is 24.0 Å². The number of rotatable bonds is 6. The van der Waals surface area contributed by atoms with E-state index in [2.05, 4.69) is 4.72 Å². The fraction of sp³-hybridized carbons (Fsp3) is 0.429. The lowest BCUT2D eigenvalue weighted by Crippen LogP contribution is -2.37. The Balaban J connectivity index is 2.12. The first-order valence-corrected chi connectivity index (χ1v) is 9.76. The van der Waals surface area contributed by atoms with E-state index in [9.17, 15) is 13.2 Å². The fourth-order valence-electron chi connectivity index (χ4n) is 2.10. The lowest BCUT2D eigenvalue weighted by Gasteiger charge is -2.16. The van der Waals surface area contributed by atoms with Gasteiger partial charge in [0.25, 0.3) is 0 Å². The van der Waals surface area contributed by atoms with Crippen LogP contribution < -0.4 is 9.46 Å². The molecule has 126 valence electrons. The highest BCUT2D eigenvalue weighted by molar-refractivity contribution is 8.23. The van der Waals surface area contributed by atoms with Crippen molar-refractivity contribution >= 4 is 44.2 Å². The van der Waals surface area contributed by atoms with Crippen LogP contribution in [0.4, 0.5) is 0 Å². The molecule has 9 heteroatoms. The summed E-state index contributed by atoms with van der Waals surface area (Å²) in [5, 5.41) is 0. The summed E-state index contributed by atoms with van der Waals surface area (Å²) in [6, 6.07) is 3.28. The molecule has 23 heavy (non-hydrogen) atoms. The molecule has 1 aliphatic rings. The molecule has 0 spiro atoms. The summed E-state index contributed by atoms with van der Waals surface area (Å²) >= 11 is 6.35. The minimum Gasteiger partial charge on any atom is -0.495 e. The summed E-state index contributed by atoms with van der Waals surface area (Å²) in [4.78, 5) is 13.1. The maximum atomic E-state index is 12.5. The Bertz CT molecular complexity index is 731. The molecule has 1 amide bonds. The highest BCUT2D eigenvalue weighted by Gasteiger charge is 2.27. The average Bonchev–Trinajstić information content (AvgIpc) is 2.81. The third-order valence-corrected chi connectivity index (χ3v) is 6.45. The van der Waals surface area contributed by atoms with E-state index in [4.69, 9.17) is 17.0 Å². The number of ether oxygens (including phenoxy) is 1. The number of nitrogens with zero attached hydrogens (tertiary/aromatic N) is 1. The standard InChI is InChI=1S/C14H18N2O4S3/c1-9-6-11(20-3)12(7-10(9)2)23(18,19)15-4-5-16-13(17)8-22-14(16)21/h6-7,15H,4-5,8H2,1-3H3. The van der Waals surface area contributed by atoms with Gasteiger partial charge in [-0.1, -0.05) is 24.0 Å². The zero-order valence-corrected chi connectivity index (χ0v) is 15.5. The van der Waals surface area contributed by atoms with Crippen LogP contribution in [0.25, 0.3) is 0 Å². The van der Waals surface area contributed by atoms with E-state index in [1.54, 1.807) is 12.1 Å². The van der Waals surface area contributed by atoms with Crippen molar-refractivity contribution in [3.05, 3.63) is 23.3 Å². The number of hydrogen-bond acceptors (Lipinski definition) is 6. The molecule has 1 aromatic rings. The van der Waals surface area contributed by atoms with Crippen molar-refractivity contribution in [3.63, 3.8) is 0 Å². The Morgan fingerprint density at radius 1 is 1.35 bits per heavy atom. The Hall–Kier alpha value is -1.16. The molecule has 0 aromatic heterocycles. The molecule has 1 aliphatic heterocycles. The number of thioether (sulfide) groups is 1. The highest BCUT2D eigenvalue weighted by atomic mass is 32.2. The molecule has 6 nitrogen and oxygen atoms in total. The van der Waals surface area contributed by atoms with Gasteiger partial charge in [0.2, 0.25) is 15.9 Å². The molecular formula is C14H18N2O4S3. The number of hydrogen-bond donors (Lipinski definition) is 1. The molecule has 2 rings (SSSR count). The maximum Gasteiger partial charge on any atom is 0.244 e. The van der Waals surface area contributed by atoms with Crippen molar-refractivity contribution in [2.24, 2.45) is 0 Å². The summed E-state index contributed by atoms with van der Waals surface area (Å²) in [6.45, 7) is 4.04. The Morgan fingerprint density at radius 2 is 2.00 bits per heavy atom. The van der Waals surface area contributed by atoms with Gasteiger partial charge < -0.3 is 4.74 Å². The predicted molar refractivity (Wildman–Crippen MR) is 94.4 cm³/mol. The molecule has 1 fully saturated rings. The van der Waals surface area contributed by atoms with Gasteiger partial charge in [0.05, 0.1) is 12.9 Å². The first-order chi connectivity index (χ1) is 10.8. The van der Waals surface area contributed by atoms with Gasteiger partial charge in [-0.3, -0.25) is 9.69 Å². The molecule has 1 aromatic carbocycles. The van der Waals surface area contributed by atoms with Crippen LogP contribution in [-0.4, -0.2) is 49.5 Å². The van der Waals surface area contributed by atoms with E-state index in [-0.39, 0.29) is 23.9 Å². The maximum absolute atomic E-state index is 12.5. The smallest absolute Gasteiger partial charge is 0.244 e. The van der Waals surface area contributed by atoms with Crippen LogP contribution in [0.2, 0.25) is 0 Å². The molecule has 0 atom stereocenters. The van der Waals surface area contributed by atoms with Crippen LogP contribution in [0, 0.1) is 13.8 Å². The number of nitrogens with one attached hydrogen (secondary N) is 1. The van der Waals surface area contributed by atoms with E-state index in [1.807, 2.05) is 13.8 Å². The number of aryl methyl sites for hydroxylation is 2. The number of carbonyl (C=O) groups is 1. The zero-order chi connectivity index (χ0) is 17.2. The van der Waals surface area contributed by atoms with E-state index in [0.717, 1.165) is 11.1 Å². The van der Waals surface area contributed by atoms with Crippen molar-refractivity contribution < 1.29 is 17.9 Å². The molecule has 1 heterocycles. The molecule has 0 bridgehead atoms. The first kappa shape index (κ1) is 18.2. The number of carbonyl (C=O) groups excluding carboxylic acids is 1. The molecule has 1 saturated heterocycles. The quantitative estimate of drug-likeness (QED) is 0.760. The van der Waals surface area contributed by atoms with Gasteiger partial charge in [-0.25, -0.2) is 13.1 Å². The van der Waals surface area contributed by atoms with E-state index < -0.39 is 10.0 Å². The van der Waals surface area contributed by atoms with E-state index in [0.29, 0.717) is 15.8 Å². The van der Waals surface area contributed by atoms with Crippen molar-refractivity contribution in [1.29, 1.82) is 0 Å². The van der Waals surface area contributed by atoms with Gasteiger partial charge in [-0.2, -0.15) is 0 Å². The minimum absolute atomic E-state index is 0.0881. The largest absolute Gasteiger partial charge is 0.495 e. The fourth-order valence-corrected chi connectivity index (χ4v) is 4.48. The van der Waals surface area contributed by atoms with Crippen molar-refractivity contribution in [3.8, 4) is 5.75 Å². The molecule has 0 saturated carbocycles. The van der Waals surface area contributed by atoms with Crippen LogP contribution in [-0.2, 0) is 14.8 Å². The SMILES string of the molecule is COc1cc(C)c(C)cc1S(=O)(=O)NCCN1C(=O)CSC1=S. The van der Waals surface area contributed by atoms with E-state index in [1.165, 1.54) is 23.8 Å². The van der Waals surface area contributed by atoms with Crippen molar-refractivity contribution in [2.75, 3.05) is 26.0 Å². The van der Waals surface area contributed by atoms with Gasteiger partial charge in [0, 0.05) is 13.1 Å². The number of methoxy groups -OCH3 is 1. The first-order valence-electron chi connectivity index (χ1n) is 6.88. The van der Waals surface area contributed by atoms with Gasteiger partial charge >= 0.3 is 0 Å². The number of benzene rings is 1. The second kappa shape index (κ2) is 7.16. The van der Waals surface area contributed by atoms with Crippen LogP contribution in [0.3, 0.4) is 0 Å². The lowest BCUT2D eigenvalue weighted by molar-refractivity contribution is -0.123. The normalized spacial score (nSPS) is 15.3. The van der Waals surface area contributed by atoms with Gasteiger partial charge in [0.15, 0.2) is 0 Å². The summed E-state index contributed by atoms with van der Waals surface area (Å²) in [6.07, 6.45) is 0. The monoisotopic (exact) mass is 374 g/mol. The van der Waals surface area contributed by atoms with Gasteiger partial charge in [0.1, 0.15) is 15.0 Å².